The molecule has 0 unspecified atom stereocenters. The summed E-state index contributed by atoms with van der Waals surface area (Å²) in [5, 5.41) is 46.9. The predicted octanol–water partition coefficient (Wildman–Crippen LogP) is 8.04. The minimum Gasteiger partial charge on any atom is -0.493 e. The highest BCUT2D eigenvalue weighted by atomic mass is 32.2. The number of hydrogen-bond acceptors (Lipinski definition) is 19. The van der Waals surface area contributed by atoms with Gasteiger partial charge in [0.05, 0.1) is 52.0 Å². The van der Waals surface area contributed by atoms with Gasteiger partial charge in [-0.1, -0.05) is 12.1 Å². The highest BCUT2D eigenvalue weighted by Gasteiger charge is 2.23. The smallest absolute Gasteiger partial charge is 0.296 e. The van der Waals surface area contributed by atoms with Crippen LogP contribution in [0.5, 0.6) is 17.4 Å². The lowest BCUT2D eigenvalue weighted by Crippen LogP contribution is -2.08. The molecule has 28 heteroatoms. The van der Waals surface area contributed by atoms with Crippen LogP contribution in [0.4, 0.5) is 34.1 Å². The molecule has 67 heavy (non-hydrogen) atoms. The van der Waals surface area contributed by atoms with Gasteiger partial charge in [-0.3, -0.25) is 22.6 Å². The molecule has 4 aromatic carbocycles. The molecule has 0 aliphatic carbocycles. The Hall–Kier alpha value is -6.84. The van der Waals surface area contributed by atoms with Crippen molar-refractivity contribution in [3.8, 4) is 23.4 Å². The van der Waals surface area contributed by atoms with Crippen LogP contribution in [-0.2, 0) is 40.5 Å². The molecule has 0 radical (unpaired) electrons. The Labute approximate surface area is 382 Å². The maximum atomic E-state index is 11.9. The lowest BCUT2D eigenvalue weighted by molar-refractivity contribution is 0.317. The Kier molecular flexibility index (Phi) is 14.5. The lowest BCUT2D eigenvalue weighted by Gasteiger charge is -2.12. The quantitative estimate of drug-likeness (QED) is 0.0309. The molecule has 0 aliphatic rings. The van der Waals surface area contributed by atoms with Crippen molar-refractivity contribution in [3.63, 3.8) is 0 Å². The van der Waals surface area contributed by atoms with Crippen LogP contribution in [0.25, 0.3) is 16.7 Å². The molecule has 0 saturated heterocycles. The van der Waals surface area contributed by atoms with E-state index in [0.29, 0.717) is 11.1 Å². The first-order valence-corrected chi connectivity index (χ1v) is 25.3. The molecule has 0 aliphatic heterocycles. The zero-order valence-corrected chi connectivity index (χ0v) is 38.3. The van der Waals surface area contributed by atoms with Gasteiger partial charge in [0, 0.05) is 17.7 Å². The van der Waals surface area contributed by atoms with Crippen molar-refractivity contribution in [2.24, 2.45) is 30.7 Å². The molecule has 2 aromatic heterocycles. The Morgan fingerprint density at radius 2 is 1.15 bits per heavy atom. The van der Waals surface area contributed by atoms with Gasteiger partial charge in [0.2, 0.25) is 5.88 Å². The van der Waals surface area contributed by atoms with Gasteiger partial charge in [0.1, 0.15) is 45.1 Å². The van der Waals surface area contributed by atoms with E-state index in [4.69, 9.17) is 9.47 Å². The Morgan fingerprint density at radius 3 is 1.66 bits per heavy atom. The van der Waals surface area contributed by atoms with Gasteiger partial charge in [-0.2, -0.15) is 49.2 Å². The molecule has 0 saturated carbocycles. The fourth-order valence-electron chi connectivity index (χ4n) is 6.27. The summed E-state index contributed by atoms with van der Waals surface area (Å²) in [6, 6.07) is 16.4. The van der Waals surface area contributed by atoms with Crippen molar-refractivity contribution in [3.05, 3.63) is 89.0 Å². The molecular weight excluding hydrogens is 963 g/mol. The fourth-order valence-corrected chi connectivity index (χ4v) is 8.36. The molecule has 352 valence electrons. The van der Waals surface area contributed by atoms with Gasteiger partial charge >= 0.3 is 0 Å². The van der Waals surface area contributed by atoms with Crippen molar-refractivity contribution in [2.75, 3.05) is 24.7 Å². The zero-order valence-electron chi connectivity index (χ0n) is 35.1. The normalized spacial score (nSPS) is 12.8. The molecule has 0 amide bonds. The first-order chi connectivity index (χ1) is 31.3. The van der Waals surface area contributed by atoms with Gasteiger partial charge in [-0.05, 0) is 87.2 Å². The summed E-state index contributed by atoms with van der Waals surface area (Å²) in [5.74, 6) is -1.86. The number of imidazole rings is 1. The number of ether oxygens (including phenoxy) is 2. The van der Waals surface area contributed by atoms with Gasteiger partial charge in [-0.15, -0.1) is 20.5 Å². The SMILES string of the molecule is Cc1cc(N=Nc2c(C)c(C#N)c3nc4cc(S(=O)(=O)O)ccc4n3c2O)c(OCCCS(=O)(=O)O)cc1N=Nc1cc(C)c(N=Nc2ccccc2S(=O)(=O)O)cc1OCCCS(=O)(=O)O. The number of nitriles is 1. The third-order valence-electron chi connectivity index (χ3n) is 9.51. The second-order valence-corrected chi connectivity index (χ2v) is 20.4. The molecule has 0 spiro atoms. The first-order valence-electron chi connectivity index (χ1n) is 19.2. The van der Waals surface area contributed by atoms with E-state index in [1.165, 1.54) is 55.5 Å². The van der Waals surface area contributed by atoms with Crippen LogP contribution < -0.4 is 9.47 Å². The standard InChI is InChI=1S/C39H37N9O15S4/c1-22-16-31(34(62-12-6-14-64(50,51)52)19-28(22)43-42-27-8-4-5-9-36(27)67(59,60)61)45-44-29-20-35(63-13-7-15-65(53,54)55)32(17-23(29)2)46-47-37-24(3)26(21-40)38-41-30-18-25(66(56,57)58)10-11-33(30)48(38)39(37)49/h4-5,8-11,16-20,49H,6-7,12-15H2,1-3H3,(H,50,51,52)(H,53,54,55)(H,56,57,58)(H,59,60,61). The van der Waals surface area contributed by atoms with E-state index in [1.807, 2.05) is 6.07 Å². The molecular formula is C39H37N9O15S4. The number of aryl methyl sites for hydroxylation is 2. The largest absolute Gasteiger partial charge is 0.493 e. The second kappa shape index (κ2) is 19.6. The molecule has 0 atom stereocenters. The minimum absolute atomic E-state index is 0.000104. The highest BCUT2D eigenvalue weighted by Crippen LogP contribution is 2.42. The van der Waals surface area contributed by atoms with E-state index in [-0.39, 0.29) is 99.5 Å². The van der Waals surface area contributed by atoms with Crippen molar-refractivity contribution in [2.45, 2.75) is 43.4 Å². The number of aromatic hydroxyl groups is 1. The topological polar surface area (TPSA) is 371 Å². The summed E-state index contributed by atoms with van der Waals surface area (Å²) in [6.07, 6.45) is -0.313. The van der Waals surface area contributed by atoms with Crippen LogP contribution in [0.2, 0.25) is 0 Å². The first kappa shape index (κ1) is 49.6. The molecule has 6 aromatic rings. The number of rotatable bonds is 18. The molecule has 6 rings (SSSR count). The Bertz CT molecular complexity index is 3550. The van der Waals surface area contributed by atoms with E-state index in [0.717, 1.165) is 22.6 Å². The molecule has 0 fully saturated rings. The molecule has 2 heterocycles. The van der Waals surface area contributed by atoms with Gasteiger partial charge in [0.25, 0.3) is 40.5 Å². The van der Waals surface area contributed by atoms with E-state index in [1.54, 1.807) is 13.8 Å². The fraction of sp³-hybridized carbons (Fsp3) is 0.231. The number of fused-ring (bicyclic) bond motifs is 3. The Balaban J connectivity index is 1.41. The van der Waals surface area contributed by atoms with E-state index >= 15 is 0 Å². The van der Waals surface area contributed by atoms with Crippen LogP contribution in [0.1, 0.15) is 35.1 Å². The second-order valence-electron chi connectivity index (χ2n) is 14.4. The van der Waals surface area contributed by atoms with E-state index in [2.05, 4.69) is 35.7 Å². The number of benzene rings is 4. The summed E-state index contributed by atoms with van der Waals surface area (Å²) in [5.41, 5.74) is 1.04. The van der Waals surface area contributed by atoms with Crippen molar-refractivity contribution >= 4 is 91.3 Å². The predicted molar refractivity (Wildman–Crippen MR) is 238 cm³/mol. The van der Waals surface area contributed by atoms with Crippen LogP contribution in [0, 0.1) is 32.1 Å². The number of hydrogen-bond donors (Lipinski definition) is 5. The summed E-state index contributed by atoms with van der Waals surface area (Å²) >= 11 is 0. The number of azo groups is 3. The van der Waals surface area contributed by atoms with Crippen LogP contribution in [0.3, 0.4) is 0 Å². The van der Waals surface area contributed by atoms with Gasteiger partial charge < -0.3 is 14.6 Å². The van der Waals surface area contributed by atoms with Gasteiger partial charge in [0.15, 0.2) is 11.3 Å². The maximum absolute atomic E-state index is 11.9. The molecule has 24 nitrogen and oxygen atoms in total. The van der Waals surface area contributed by atoms with Gasteiger partial charge in [-0.25, -0.2) is 4.98 Å². The monoisotopic (exact) mass is 999 g/mol. The van der Waals surface area contributed by atoms with Crippen molar-refractivity contribution in [1.82, 2.24) is 9.38 Å². The third-order valence-corrected chi connectivity index (χ3v) is 12.9. The van der Waals surface area contributed by atoms with Crippen molar-refractivity contribution < 1.29 is 66.5 Å². The highest BCUT2D eigenvalue weighted by molar-refractivity contribution is 7.86. The van der Waals surface area contributed by atoms with Crippen LogP contribution >= 0.6 is 0 Å². The molecule has 5 N–H and O–H groups in total. The summed E-state index contributed by atoms with van der Waals surface area (Å²) in [4.78, 5) is 3.33. The summed E-state index contributed by atoms with van der Waals surface area (Å²) in [7, 11) is -18.0. The van der Waals surface area contributed by atoms with E-state index < -0.39 is 67.6 Å². The number of pyridine rings is 1. The number of aromatic nitrogens is 2. The third kappa shape index (κ3) is 12.1. The average molecular weight is 1000 g/mol. The minimum atomic E-state index is -4.66. The van der Waals surface area contributed by atoms with Crippen LogP contribution in [-0.4, -0.2) is 91.1 Å². The van der Waals surface area contributed by atoms with Crippen LogP contribution in [0.15, 0.2) is 107 Å². The molecule has 0 bridgehead atoms. The van der Waals surface area contributed by atoms with Crippen molar-refractivity contribution in [1.29, 1.82) is 5.26 Å². The lowest BCUT2D eigenvalue weighted by atomic mass is 10.1. The Morgan fingerprint density at radius 1 is 0.642 bits per heavy atom. The average Bonchev–Trinajstić information content (AvgIpc) is 3.62. The summed E-state index contributed by atoms with van der Waals surface area (Å²) < 4.78 is 143. The van der Waals surface area contributed by atoms with E-state index in [9.17, 15) is 62.3 Å². The summed E-state index contributed by atoms with van der Waals surface area (Å²) in [6.45, 7) is 4.18. The maximum Gasteiger partial charge on any atom is 0.296 e. The zero-order chi connectivity index (χ0) is 49.1. The number of nitrogens with zero attached hydrogens (tertiary/aromatic N) is 9.